The Morgan fingerprint density at radius 2 is 1.89 bits per heavy atom. The van der Waals surface area contributed by atoms with Crippen LogP contribution in [0, 0.1) is 11.8 Å². The van der Waals surface area contributed by atoms with E-state index in [4.69, 9.17) is 0 Å². The Bertz CT molecular complexity index is 395. The van der Waals surface area contributed by atoms with Crippen LogP contribution in [-0.4, -0.2) is 29.6 Å². The summed E-state index contributed by atoms with van der Waals surface area (Å²) in [5, 5.41) is 3.29. The minimum atomic E-state index is 0.743. The lowest BCUT2D eigenvalue weighted by molar-refractivity contribution is 0.494. The van der Waals surface area contributed by atoms with Crippen molar-refractivity contribution in [2.45, 2.75) is 34.1 Å². The van der Waals surface area contributed by atoms with Crippen LogP contribution in [0.25, 0.3) is 0 Å². The summed E-state index contributed by atoms with van der Waals surface area (Å²) in [5.41, 5.74) is 0. The van der Waals surface area contributed by atoms with Crippen LogP contribution in [0.4, 0.5) is 11.6 Å². The molecular formula is C14H24N4. The second kappa shape index (κ2) is 5.55. The molecular weight excluding hydrogens is 224 g/mol. The van der Waals surface area contributed by atoms with E-state index in [9.17, 15) is 0 Å². The molecule has 1 saturated heterocycles. The van der Waals surface area contributed by atoms with Gasteiger partial charge in [0.2, 0.25) is 0 Å². The van der Waals surface area contributed by atoms with Crippen molar-refractivity contribution in [3.8, 4) is 0 Å². The number of rotatable bonds is 4. The van der Waals surface area contributed by atoms with E-state index in [1.165, 1.54) is 0 Å². The zero-order valence-corrected chi connectivity index (χ0v) is 11.9. The molecule has 0 aromatic carbocycles. The van der Waals surface area contributed by atoms with Gasteiger partial charge < -0.3 is 10.2 Å². The maximum Gasteiger partial charge on any atom is 0.134 e. The topological polar surface area (TPSA) is 41.0 Å². The summed E-state index contributed by atoms with van der Waals surface area (Å²) in [6, 6.07) is 2.08. The fraction of sp³-hybridized carbons (Fsp3) is 0.714. The zero-order valence-electron chi connectivity index (χ0n) is 11.9. The Morgan fingerprint density at radius 3 is 2.44 bits per heavy atom. The van der Waals surface area contributed by atoms with Crippen LogP contribution in [0.2, 0.25) is 0 Å². The SMILES string of the molecule is CCNc1cc(N2CC(C)C(C)C2)nc(CC)n1. The van der Waals surface area contributed by atoms with Crippen molar-refractivity contribution in [2.75, 3.05) is 29.9 Å². The molecule has 0 saturated carbocycles. The minimum absolute atomic E-state index is 0.743. The van der Waals surface area contributed by atoms with Crippen molar-refractivity contribution in [1.82, 2.24) is 9.97 Å². The fourth-order valence-electron chi connectivity index (χ4n) is 2.39. The van der Waals surface area contributed by atoms with Gasteiger partial charge in [0, 0.05) is 32.1 Å². The van der Waals surface area contributed by atoms with Crippen molar-refractivity contribution in [2.24, 2.45) is 11.8 Å². The van der Waals surface area contributed by atoms with E-state index in [0.717, 1.165) is 55.4 Å². The number of nitrogens with one attached hydrogen (secondary N) is 1. The highest BCUT2D eigenvalue weighted by molar-refractivity contribution is 5.50. The highest BCUT2D eigenvalue weighted by Crippen LogP contribution is 2.27. The molecule has 1 aliphatic rings. The quantitative estimate of drug-likeness (QED) is 0.889. The summed E-state index contributed by atoms with van der Waals surface area (Å²) in [4.78, 5) is 11.5. The van der Waals surface area contributed by atoms with Crippen LogP contribution in [0.3, 0.4) is 0 Å². The number of hydrogen-bond acceptors (Lipinski definition) is 4. The van der Waals surface area contributed by atoms with E-state index < -0.39 is 0 Å². The number of aryl methyl sites for hydroxylation is 1. The predicted octanol–water partition coefficient (Wildman–Crippen LogP) is 2.56. The third-order valence-corrected chi connectivity index (χ3v) is 3.75. The van der Waals surface area contributed by atoms with Gasteiger partial charge in [-0.3, -0.25) is 0 Å². The van der Waals surface area contributed by atoms with Crippen LogP contribution in [0.5, 0.6) is 0 Å². The van der Waals surface area contributed by atoms with Gasteiger partial charge in [-0.2, -0.15) is 0 Å². The minimum Gasteiger partial charge on any atom is -0.370 e. The van der Waals surface area contributed by atoms with Crippen molar-refractivity contribution < 1.29 is 0 Å². The normalized spacial score (nSPS) is 23.4. The van der Waals surface area contributed by atoms with Crippen molar-refractivity contribution in [1.29, 1.82) is 0 Å². The Kier molecular flexibility index (Phi) is 4.04. The van der Waals surface area contributed by atoms with Gasteiger partial charge in [0.25, 0.3) is 0 Å². The first-order valence-electron chi connectivity index (χ1n) is 7.00. The third-order valence-electron chi connectivity index (χ3n) is 3.75. The second-order valence-electron chi connectivity index (χ2n) is 5.27. The van der Waals surface area contributed by atoms with Gasteiger partial charge in [-0.05, 0) is 18.8 Å². The van der Waals surface area contributed by atoms with E-state index in [1.807, 2.05) is 0 Å². The molecule has 2 unspecified atom stereocenters. The highest BCUT2D eigenvalue weighted by atomic mass is 15.2. The van der Waals surface area contributed by atoms with Crippen LogP contribution in [0.1, 0.15) is 33.5 Å². The van der Waals surface area contributed by atoms with Gasteiger partial charge in [0.05, 0.1) is 0 Å². The first-order chi connectivity index (χ1) is 8.63. The molecule has 1 aromatic rings. The summed E-state index contributed by atoms with van der Waals surface area (Å²) >= 11 is 0. The molecule has 1 N–H and O–H groups in total. The lowest BCUT2D eigenvalue weighted by Gasteiger charge is -2.18. The van der Waals surface area contributed by atoms with Gasteiger partial charge in [0.15, 0.2) is 0 Å². The monoisotopic (exact) mass is 248 g/mol. The van der Waals surface area contributed by atoms with Crippen LogP contribution in [-0.2, 0) is 6.42 Å². The van der Waals surface area contributed by atoms with Gasteiger partial charge in [-0.1, -0.05) is 20.8 Å². The first kappa shape index (κ1) is 13.1. The molecule has 4 nitrogen and oxygen atoms in total. The molecule has 2 atom stereocenters. The summed E-state index contributed by atoms with van der Waals surface area (Å²) < 4.78 is 0. The molecule has 0 radical (unpaired) electrons. The predicted molar refractivity (Wildman–Crippen MR) is 76.1 cm³/mol. The lowest BCUT2D eigenvalue weighted by Crippen LogP contribution is -2.22. The van der Waals surface area contributed by atoms with Crippen molar-refractivity contribution in [3.63, 3.8) is 0 Å². The molecule has 4 heteroatoms. The zero-order chi connectivity index (χ0) is 13.1. The van der Waals surface area contributed by atoms with Crippen LogP contribution < -0.4 is 10.2 Å². The van der Waals surface area contributed by atoms with E-state index in [1.54, 1.807) is 0 Å². The Morgan fingerprint density at radius 1 is 1.22 bits per heavy atom. The van der Waals surface area contributed by atoms with Gasteiger partial charge in [-0.15, -0.1) is 0 Å². The molecule has 2 heterocycles. The first-order valence-corrected chi connectivity index (χ1v) is 7.00. The molecule has 18 heavy (non-hydrogen) atoms. The Hall–Kier alpha value is -1.32. The highest BCUT2D eigenvalue weighted by Gasteiger charge is 2.27. The molecule has 0 bridgehead atoms. The maximum absolute atomic E-state index is 4.66. The van der Waals surface area contributed by atoms with E-state index >= 15 is 0 Å². The van der Waals surface area contributed by atoms with Gasteiger partial charge >= 0.3 is 0 Å². The molecule has 100 valence electrons. The Labute approximate surface area is 110 Å². The van der Waals surface area contributed by atoms with Gasteiger partial charge in [0.1, 0.15) is 17.5 Å². The van der Waals surface area contributed by atoms with E-state index in [2.05, 4.69) is 53.9 Å². The summed E-state index contributed by atoms with van der Waals surface area (Å²) in [6.45, 7) is 11.9. The molecule has 0 aliphatic carbocycles. The van der Waals surface area contributed by atoms with E-state index in [0.29, 0.717) is 0 Å². The second-order valence-corrected chi connectivity index (χ2v) is 5.27. The summed E-state index contributed by atoms with van der Waals surface area (Å²) in [7, 11) is 0. The maximum atomic E-state index is 4.66. The fourth-order valence-corrected chi connectivity index (χ4v) is 2.39. The molecule has 1 aliphatic heterocycles. The summed E-state index contributed by atoms with van der Waals surface area (Å²) in [6.07, 6.45) is 0.880. The third kappa shape index (κ3) is 2.74. The lowest BCUT2D eigenvalue weighted by atomic mass is 10.0. The van der Waals surface area contributed by atoms with Gasteiger partial charge in [-0.25, -0.2) is 9.97 Å². The van der Waals surface area contributed by atoms with Crippen LogP contribution >= 0.6 is 0 Å². The van der Waals surface area contributed by atoms with Crippen molar-refractivity contribution in [3.05, 3.63) is 11.9 Å². The largest absolute Gasteiger partial charge is 0.370 e. The van der Waals surface area contributed by atoms with E-state index in [-0.39, 0.29) is 0 Å². The number of aromatic nitrogens is 2. The average Bonchev–Trinajstić information content (AvgIpc) is 2.70. The number of nitrogens with zero attached hydrogens (tertiary/aromatic N) is 3. The smallest absolute Gasteiger partial charge is 0.134 e. The average molecular weight is 248 g/mol. The molecule has 0 amide bonds. The summed E-state index contributed by atoms with van der Waals surface area (Å²) in [5.74, 6) is 4.44. The number of hydrogen-bond donors (Lipinski definition) is 1. The molecule has 2 rings (SSSR count). The standard InChI is InChI=1S/C14H24N4/c1-5-12-16-13(15-6-2)7-14(17-12)18-8-10(3)11(4)9-18/h7,10-11H,5-6,8-9H2,1-4H3,(H,15,16,17). The number of anilines is 2. The van der Waals surface area contributed by atoms with Crippen molar-refractivity contribution >= 4 is 11.6 Å². The Balaban J connectivity index is 2.24. The molecule has 0 spiro atoms. The van der Waals surface area contributed by atoms with Crippen LogP contribution in [0.15, 0.2) is 6.07 Å². The molecule has 1 aromatic heterocycles. The molecule has 1 fully saturated rings.